The van der Waals surface area contributed by atoms with Gasteiger partial charge in [0.25, 0.3) is 5.91 Å². The Labute approximate surface area is 139 Å². The van der Waals surface area contributed by atoms with E-state index in [4.69, 9.17) is 0 Å². The van der Waals surface area contributed by atoms with E-state index >= 15 is 0 Å². The molecule has 1 amide bonds. The molecule has 112 valence electrons. The van der Waals surface area contributed by atoms with Crippen LogP contribution in [0.5, 0.6) is 0 Å². The first-order chi connectivity index (χ1) is 10.7. The zero-order valence-electron chi connectivity index (χ0n) is 11.6. The number of hydrogen-bond acceptors (Lipinski definition) is 4. The zero-order valence-corrected chi connectivity index (χ0v) is 14.0. The number of likely N-dealkylation sites (tertiary alicyclic amines) is 1. The molecule has 0 aliphatic carbocycles. The maximum absolute atomic E-state index is 12.6. The van der Waals surface area contributed by atoms with Crippen molar-refractivity contribution in [1.29, 1.82) is 0 Å². The van der Waals surface area contributed by atoms with Crippen LogP contribution >= 0.6 is 27.3 Å². The normalized spacial score (nSPS) is 18.2. The number of para-hydroxylation sites is 1. The molecule has 1 unspecified atom stereocenters. The summed E-state index contributed by atoms with van der Waals surface area (Å²) in [6.07, 6.45) is 4.65. The third kappa shape index (κ3) is 2.44. The fourth-order valence-electron chi connectivity index (χ4n) is 2.76. The molecule has 1 aliphatic heterocycles. The SMILES string of the molecule is O=C(c1nc2ccccc2s1)N1CCC(n2cc(Br)cn2)C1. The summed E-state index contributed by atoms with van der Waals surface area (Å²) in [6, 6.07) is 8.09. The number of rotatable bonds is 2. The Kier molecular flexibility index (Phi) is 3.46. The van der Waals surface area contributed by atoms with E-state index in [0.29, 0.717) is 11.6 Å². The summed E-state index contributed by atoms with van der Waals surface area (Å²) in [7, 11) is 0. The van der Waals surface area contributed by atoms with Gasteiger partial charge in [-0.15, -0.1) is 11.3 Å². The van der Waals surface area contributed by atoms with E-state index in [1.807, 2.05) is 40.0 Å². The van der Waals surface area contributed by atoms with Crippen LogP contribution in [0.3, 0.4) is 0 Å². The summed E-state index contributed by atoms with van der Waals surface area (Å²) in [5.74, 6) is 0.0231. The predicted octanol–water partition coefficient (Wildman–Crippen LogP) is 3.34. The number of halogens is 1. The van der Waals surface area contributed by atoms with Crippen LogP contribution < -0.4 is 0 Å². The molecule has 3 aromatic rings. The Balaban J connectivity index is 1.53. The summed E-state index contributed by atoms with van der Waals surface area (Å²) in [4.78, 5) is 19.0. The first-order valence-corrected chi connectivity index (χ1v) is 8.66. The maximum atomic E-state index is 12.6. The van der Waals surface area contributed by atoms with E-state index in [2.05, 4.69) is 26.0 Å². The molecular formula is C15H13BrN4OS. The summed E-state index contributed by atoms with van der Waals surface area (Å²) in [5.41, 5.74) is 0.891. The Hall–Kier alpha value is -1.73. The lowest BCUT2D eigenvalue weighted by Crippen LogP contribution is -2.29. The molecule has 7 heteroatoms. The van der Waals surface area contributed by atoms with Gasteiger partial charge in [-0.3, -0.25) is 9.48 Å². The van der Waals surface area contributed by atoms with E-state index in [-0.39, 0.29) is 11.9 Å². The molecule has 0 N–H and O–H groups in total. The monoisotopic (exact) mass is 376 g/mol. The summed E-state index contributed by atoms with van der Waals surface area (Å²) in [5, 5.41) is 4.89. The predicted molar refractivity (Wildman–Crippen MR) is 89.1 cm³/mol. The van der Waals surface area contributed by atoms with Crippen molar-refractivity contribution in [3.8, 4) is 0 Å². The van der Waals surface area contributed by atoms with Crippen LogP contribution in [0.15, 0.2) is 41.1 Å². The molecular weight excluding hydrogens is 364 g/mol. The molecule has 4 rings (SSSR count). The number of benzene rings is 1. The molecule has 1 aliphatic rings. The van der Waals surface area contributed by atoms with Gasteiger partial charge < -0.3 is 4.90 Å². The van der Waals surface area contributed by atoms with Crippen molar-refractivity contribution in [1.82, 2.24) is 19.7 Å². The van der Waals surface area contributed by atoms with Gasteiger partial charge in [-0.05, 0) is 34.5 Å². The molecule has 2 aromatic heterocycles. The van der Waals surface area contributed by atoms with Crippen LogP contribution in [0.2, 0.25) is 0 Å². The summed E-state index contributed by atoms with van der Waals surface area (Å²) >= 11 is 4.87. The Morgan fingerprint density at radius 2 is 2.23 bits per heavy atom. The van der Waals surface area contributed by atoms with Crippen LogP contribution in [0.25, 0.3) is 10.2 Å². The minimum atomic E-state index is 0.0231. The third-order valence-corrected chi connectivity index (χ3v) is 5.31. The number of thiazole rings is 1. The lowest BCUT2D eigenvalue weighted by molar-refractivity contribution is 0.0787. The van der Waals surface area contributed by atoms with Crippen LogP contribution in [0.1, 0.15) is 22.3 Å². The highest BCUT2D eigenvalue weighted by Gasteiger charge is 2.30. The van der Waals surface area contributed by atoms with Gasteiger partial charge in [-0.2, -0.15) is 5.10 Å². The molecule has 1 aromatic carbocycles. The van der Waals surface area contributed by atoms with Gasteiger partial charge in [0.2, 0.25) is 0 Å². The van der Waals surface area contributed by atoms with E-state index in [0.717, 1.165) is 27.7 Å². The van der Waals surface area contributed by atoms with E-state index in [1.54, 1.807) is 6.20 Å². The zero-order chi connectivity index (χ0) is 15.1. The number of aromatic nitrogens is 3. The van der Waals surface area contributed by atoms with Crippen LogP contribution in [0.4, 0.5) is 0 Å². The Morgan fingerprint density at radius 1 is 1.36 bits per heavy atom. The first kappa shape index (κ1) is 13.9. The molecule has 1 fully saturated rings. The minimum Gasteiger partial charge on any atom is -0.334 e. The number of carbonyl (C=O) groups excluding carboxylic acids is 1. The first-order valence-electron chi connectivity index (χ1n) is 7.05. The highest BCUT2D eigenvalue weighted by molar-refractivity contribution is 9.10. The van der Waals surface area contributed by atoms with Gasteiger partial charge in [0.1, 0.15) is 0 Å². The lowest BCUT2D eigenvalue weighted by atomic mass is 10.3. The minimum absolute atomic E-state index is 0.0231. The molecule has 0 spiro atoms. The largest absolute Gasteiger partial charge is 0.334 e. The number of carbonyl (C=O) groups is 1. The van der Waals surface area contributed by atoms with Crippen molar-refractivity contribution in [3.63, 3.8) is 0 Å². The second-order valence-corrected chi connectivity index (χ2v) is 7.27. The van der Waals surface area contributed by atoms with Crippen molar-refractivity contribution in [2.75, 3.05) is 13.1 Å². The maximum Gasteiger partial charge on any atom is 0.282 e. The molecule has 1 atom stereocenters. The van der Waals surface area contributed by atoms with E-state index in [1.165, 1.54) is 11.3 Å². The highest BCUT2D eigenvalue weighted by Crippen LogP contribution is 2.27. The average molecular weight is 377 g/mol. The summed E-state index contributed by atoms with van der Waals surface area (Å²) in [6.45, 7) is 1.43. The van der Waals surface area contributed by atoms with E-state index < -0.39 is 0 Å². The molecule has 1 saturated heterocycles. The van der Waals surface area contributed by atoms with Crippen molar-refractivity contribution in [3.05, 3.63) is 46.1 Å². The molecule has 0 radical (unpaired) electrons. The van der Waals surface area contributed by atoms with Crippen molar-refractivity contribution in [2.45, 2.75) is 12.5 Å². The number of hydrogen-bond donors (Lipinski definition) is 0. The fraction of sp³-hybridized carbons (Fsp3) is 0.267. The van der Waals surface area contributed by atoms with Crippen LogP contribution in [0, 0.1) is 0 Å². The van der Waals surface area contributed by atoms with Crippen molar-refractivity contribution < 1.29 is 4.79 Å². The van der Waals surface area contributed by atoms with Crippen molar-refractivity contribution in [2.24, 2.45) is 0 Å². The Bertz CT molecular complexity index is 810. The topological polar surface area (TPSA) is 51.0 Å². The fourth-order valence-corrected chi connectivity index (χ4v) is 3.99. The number of fused-ring (bicyclic) bond motifs is 1. The number of nitrogens with zero attached hydrogens (tertiary/aromatic N) is 4. The smallest absolute Gasteiger partial charge is 0.282 e. The molecule has 0 bridgehead atoms. The second kappa shape index (κ2) is 5.48. The Morgan fingerprint density at radius 3 is 3.00 bits per heavy atom. The van der Waals surface area contributed by atoms with Gasteiger partial charge in [-0.25, -0.2) is 4.98 Å². The van der Waals surface area contributed by atoms with Crippen LogP contribution in [-0.4, -0.2) is 38.7 Å². The quantitative estimate of drug-likeness (QED) is 0.688. The highest BCUT2D eigenvalue weighted by atomic mass is 79.9. The standard InChI is InChI=1S/C15H13BrN4OS/c16-10-7-17-20(8-10)11-5-6-19(9-11)15(21)14-18-12-3-1-2-4-13(12)22-14/h1-4,7-8,11H,5-6,9H2. The van der Waals surface area contributed by atoms with Gasteiger partial charge in [0.05, 0.1) is 26.9 Å². The van der Waals surface area contributed by atoms with Gasteiger partial charge >= 0.3 is 0 Å². The molecule has 3 heterocycles. The number of amides is 1. The summed E-state index contributed by atoms with van der Waals surface area (Å²) < 4.78 is 3.94. The third-order valence-electron chi connectivity index (χ3n) is 3.87. The van der Waals surface area contributed by atoms with Gasteiger partial charge in [0.15, 0.2) is 5.01 Å². The lowest BCUT2D eigenvalue weighted by Gasteiger charge is -2.15. The van der Waals surface area contributed by atoms with Gasteiger partial charge in [-0.1, -0.05) is 12.1 Å². The van der Waals surface area contributed by atoms with Crippen molar-refractivity contribution >= 4 is 43.4 Å². The molecule has 22 heavy (non-hydrogen) atoms. The van der Waals surface area contributed by atoms with E-state index in [9.17, 15) is 4.79 Å². The molecule has 5 nitrogen and oxygen atoms in total. The average Bonchev–Trinajstić information content (AvgIpc) is 3.24. The van der Waals surface area contributed by atoms with Gasteiger partial charge in [0, 0.05) is 19.3 Å². The van der Waals surface area contributed by atoms with Crippen LogP contribution in [-0.2, 0) is 0 Å². The molecule has 0 saturated carbocycles. The second-order valence-electron chi connectivity index (χ2n) is 5.32.